The van der Waals surface area contributed by atoms with Crippen LogP contribution in [-0.2, 0) is 17.5 Å². The number of carboxylic acids is 1. The van der Waals surface area contributed by atoms with Gasteiger partial charge in [0.25, 0.3) is 0 Å². The van der Waals surface area contributed by atoms with Gasteiger partial charge < -0.3 is 14.7 Å². The van der Waals surface area contributed by atoms with Gasteiger partial charge in [-0.05, 0) is 75.3 Å². The summed E-state index contributed by atoms with van der Waals surface area (Å²) in [5.41, 5.74) is -1.01. The van der Waals surface area contributed by atoms with Gasteiger partial charge in [0.1, 0.15) is 11.3 Å². The summed E-state index contributed by atoms with van der Waals surface area (Å²) >= 11 is 0. The second-order valence-electron chi connectivity index (χ2n) is 10.1. The van der Waals surface area contributed by atoms with Crippen molar-refractivity contribution in [1.82, 2.24) is 20.0 Å². The number of aromatic nitrogens is 4. The zero-order valence-electron chi connectivity index (χ0n) is 21.9. The molecule has 0 radical (unpaired) electrons. The zero-order valence-corrected chi connectivity index (χ0v) is 21.9. The van der Waals surface area contributed by atoms with Gasteiger partial charge in [0.15, 0.2) is 0 Å². The van der Waals surface area contributed by atoms with Crippen molar-refractivity contribution >= 4 is 17.6 Å². The van der Waals surface area contributed by atoms with Crippen LogP contribution in [0.15, 0.2) is 42.9 Å². The van der Waals surface area contributed by atoms with Gasteiger partial charge in [-0.3, -0.25) is 4.79 Å². The quantitative estimate of drug-likeness (QED) is 0.381. The van der Waals surface area contributed by atoms with E-state index in [0.29, 0.717) is 5.92 Å². The number of hydrogen-bond acceptors (Lipinski definition) is 6. The SMILES string of the molecule is CC1CCC(C(=O)N(c2ccc(Oc3ncc(Cn4nccn4)cc3C(F)(F)F)cc2C(=O)O)C(C)C)CC1. The smallest absolute Gasteiger partial charge is 0.421 e. The highest BCUT2D eigenvalue weighted by molar-refractivity contribution is 6.03. The molecule has 1 amide bonds. The van der Waals surface area contributed by atoms with E-state index >= 15 is 0 Å². The summed E-state index contributed by atoms with van der Waals surface area (Å²) in [5, 5.41) is 17.7. The second-order valence-corrected chi connectivity index (χ2v) is 10.1. The van der Waals surface area contributed by atoms with Crippen molar-refractivity contribution in [3.8, 4) is 11.6 Å². The fourth-order valence-corrected chi connectivity index (χ4v) is 4.78. The normalized spacial score (nSPS) is 17.7. The highest BCUT2D eigenvalue weighted by Gasteiger charge is 2.36. The van der Waals surface area contributed by atoms with Crippen LogP contribution in [0.2, 0.25) is 0 Å². The minimum absolute atomic E-state index is 0.0276. The maximum absolute atomic E-state index is 13.9. The number of ether oxygens (including phenoxy) is 1. The molecule has 12 heteroatoms. The number of pyridine rings is 1. The van der Waals surface area contributed by atoms with Crippen LogP contribution in [0.3, 0.4) is 0 Å². The fourth-order valence-electron chi connectivity index (χ4n) is 4.78. The first-order chi connectivity index (χ1) is 18.4. The Kier molecular flexibility index (Phi) is 8.22. The van der Waals surface area contributed by atoms with Crippen molar-refractivity contribution in [2.75, 3.05) is 4.90 Å². The molecular formula is C27H30F3N5O4. The zero-order chi connectivity index (χ0) is 28.3. The third-order valence-electron chi connectivity index (χ3n) is 6.80. The van der Waals surface area contributed by atoms with Crippen LogP contribution in [-0.4, -0.2) is 43.0 Å². The summed E-state index contributed by atoms with van der Waals surface area (Å²) in [5.74, 6) is -2.04. The predicted molar refractivity (Wildman–Crippen MR) is 136 cm³/mol. The Hall–Kier alpha value is -3.96. The largest absolute Gasteiger partial charge is 0.478 e. The molecule has 1 aromatic carbocycles. The molecule has 1 N–H and O–H groups in total. The van der Waals surface area contributed by atoms with Crippen molar-refractivity contribution in [3.63, 3.8) is 0 Å². The van der Waals surface area contributed by atoms with E-state index in [1.165, 1.54) is 40.4 Å². The Balaban J connectivity index is 1.65. The lowest BCUT2D eigenvalue weighted by Gasteiger charge is -2.34. The molecule has 0 atom stereocenters. The minimum atomic E-state index is -4.79. The number of rotatable bonds is 8. The molecule has 0 spiro atoms. The monoisotopic (exact) mass is 545 g/mol. The maximum Gasteiger partial charge on any atom is 0.421 e. The van der Waals surface area contributed by atoms with Crippen LogP contribution < -0.4 is 9.64 Å². The summed E-state index contributed by atoms with van der Waals surface area (Å²) in [4.78, 5) is 32.2. The molecule has 0 aliphatic heterocycles. The van der Waals surface area contributed by atoms with Gasteiger partial charge >= 0.3 is 12.1 Å². The van der Waals surface area contributed by atoms with E-state index in [9.17, 15) is 27.9 Å². The van der Waals surface area contributed by atoms with E-state index in [1.54, 1.807) is 13.8 Å². The first-order valence-electron chi connectivity index (χ1n) is 12.7. The van der Waals surface area contributed by atoms with E-state index in [0.717, 1.165) is 37.8 Å². The van der Waals surface area contributed by atoms with Gasteiger partial charge in [-0.2, -0.15) is 28.2 Å². The Morgan fingerprint density at radius 2 is 1.79 bits per heavy atom. The Morgan fingerprint density at radius 3 is 2.38 bits per heavy atom. The number of hydrogen-bond donors (Lipinski definition) is 1. The number of benzene rings is 1. The molecule has 0 unspecified atom stereocenters. The number of aromatic carboxylic acids is 1. The van der Waals surface area contributed by atoms with Gasteiger partial charge in [0, 0.05) is 18.2 Å². The lowest BCUT2D eigenvalue weighted by molar-refractivity contribution is -0.139. The molecule has 3 aromatic rings. The van der Waals surface area contributed by atoms with Crippen LogP contribution >= 0.6 is 0 Å². The molecule has 0 saturated heterocycles. The number of alkyl halides is 3. The average Bonchev–Trinajstić information content (AvgIpc) is 3.38. The minimum Gasteiger partial charge on any atom is -0.478 e. The van der Waals surface area contributed by atoms with E-state index in [-0.39, 0.29) is 47.0 Å². The summed E-state index contributed by atoms with van der Waals surface area (Å²) in [6.45, 7) is 5.70. The molecule has 208 valence electrons. The summed E-state index contributed by atoms with van der Waals surface area (Å²) in [6.07, 6.45) is 2.54. The van der Waals surface area contributed by atoms with Gasteiger partial charge in [-0.15, -0.1) is 0 Å². The van der Waals surface area contributed by atoms with E-state index < -0.39 is 23.6 Å². The number of nitrogens with zero attached hydrogens (tertiary/aromatic N) is 5. The van der Waals surface area contributed by atoms with E-state index in [1.807, 2.05) is 0 Å². The van der Waals surface area contributed by atoms with E-state index in [4.69, 9.17) is 4.74 Å². The summed E-state index contributed by atoms with van der Waals surface area (Å²) in [6, 6.07) is 4.41. The Morgan fingerprint density at radius 1 is 1.13 bits per heavy atom. The van der Waals surface area contributed by atoms with Gasteiger partial charge in [-0.1, -0.05) is 6.92 Å². The van der Waals surface area contributed by atoms with Crippen molar-refractivity contribution in [2.45, 2.75) is 65.2 Å². The van der Waals surface area contributed by atoms with E-state index in [2.05, 4.69) is 22.1 Å². The lowest BCUT2D eigenvalue weighted by Crippen LogP contribution is -2.42. The van der Waals surface area contributed by atoms with Crippen molar-refractivity contribution < 1.29 is 32.6 Å². The lowest BCUT2D eigenvalue weighted by atomic mass is 9.82. The first kappa shape index (κ1) is 28.1. The van der Waals surface area contributed by atoms with Crippen molar-refractivity contribution in [2.24, 2.45) is 11.8 Å². The third kappa shape index (κ3) is 6.55. The summed E-state index contributed by atoms with van der Waals surface area (Å²) < 4.78 is 47.1. The topological polar surface area (TPSA) is 110 Å². The molecule has 1 saturated carbocycles. The first-order valence-corrected chi connectivity index (χ1v) is 12.7. The number of anilines is 1. The molecule has 1 aliphatic carbocycles. The highest BCUT2D eigenvalue weighted by atomic mass is 19.4. The average molecular weight is 546 g/mol. The molecule has 39 heavy (non-hydrogen) atoms. The van der Waals surface area contributed by atoms with Crippen LogP contribution in [0, 0.1) is 11.8 Å². The third-order valence-corrected chi connectivity index (χ3v) is 6.80. The predicted octanol–water partition coefficient (Wildman–Crippen LogP) is 5.80. The van der Waals surface area contributed by atoms with Gasteiger partial charge in [0.2, 0.25) is 11.8 Å². The van der Waals surface area contributed by atoms with Gasteiger partial charge in [0.05, 0.1) is 30.2 Å². The molecule has 2 heterocycles. The Bertz CT molecular complexity index is 1320. The van der Waals surface area contributed by atoms with Crippen LogP contribution in [0.1, 0.15) is 67.9 Å². The summed E-state index contributed by atoms with van der Waals surface area (Å²) in [7, 11) is 0. The molecule has 4 rings (SSSR count). The van der Waals surface area contributed by atoms with Crippen molar-refractivity contribution in [1.29, 1.82) is 0 Å². The maximum atomic E-state index is 13.9. The molecule has 9 nitrogen and oxygen atoms in total. The second kappa shape index (κ2) is 11.4. The highest BCUT2D eigenvalue weighted by Crippen LogP contribution is 2.39. The number of amides is 1. The molecule has 1 aliphatic rings. The number of carboxylic acid groups (broad SMARTS) is 1. The van der Waals surface area contributed by atoms with Crippen LogP contribution in [0.5, 0.6) is 11.6 Å². The number of halogens is 3. The molecule has 1 fully saturated rings. The van der Waals surface area contributed by atoms with Crippen molar-refractivity contribution in [3.05, 3.63) is 59.5 Å². The standard InChI is InChI=1S/C27H30F3N5O4/c1-16(2)35(25(36)19-6-4-17(3)5-7-19)23-9-8-20(13-21(23)26(37)38)39-24-22(27(28,29)30)12-18(14-31-24)15-34-32-10-11-33-34/h8-14,16-17,19H,4-7,15H2,1-3H3,(H,37,38). The van der Waals surface area contributed by atoms with Crippen LogP contribution in [0.4, 0.5) is 18.9 Å². The molecule has 0 bridgehead atoms. The fraction of sp³-hybridized carbons (Fsp3) is 0.444. The number of carbonyl (C=O) groups excluding carboxylic acids is 1. The number of carbonyl (C=O) groups is 2. The van der Waals surface area contributed by atoms with Crippen LogP contribution in [0.25, 0.3) is 0 Å². The molecule has 2 aromatic heterocycles. The molecular weight excluding hydrogens is 515 g/mol. The Labute approximate surface area is 223 Å². The van der Waals surface area contributed by atoms with Gasteiger partial charge in [-0.25, -0.2) is 9.78 Å².